The predicted octanol–water partition coefficient (Wildman–Crippen LogP) is 6.77. The molecule has 206 valence electrons. The van der Waals surface area contributed by atoms with Gasteiger partial charge in [-0.2, -0.15) is 5.26 Å². The van der Waals surface area contributed by atoms with Gasteiger partial charge in [0.05, 0.1) is 12.7 Å². The SMILES string of the molecule is COC(=O)CC[C@]12CCC(C)(C)C[C@@H]1C1C(=O)C=C3[C@@]4(C)C=C(C#N)C(=O)[C@@H](C)[C@@H]4CC[C@@]3(C)[C@]1(C)CC2. The minimum Gasteiger partial charge on any atom is -0.469 e. The van der Waals surface area contributed by atoms with Crippen LogP contribution in [0.3, 0.4) is 0 Å². The first-order chi connectivity index (χ1) is 17.7. The van der Waals surface area contributed by atoms with E-state index in [1.54, 1.807) is 0 Å². The van der Waals surface area contributed by atoms with Gasteiger partial charge in [-0.25, -0.2) is 0 Å². The molecule has 3 fully saturated rings. The van der Waals surface area contributed by atoms with Gasteiger partial charge in [0.25, 0.3) is 0 Å². The number of hydrogen-bond acceptors (Lipinski definition) is 5. The van der Waals surface area contributed by atoms with E-state index >= 15 is 0 Å². The second-order valence-electron chi connectivity index (χ2n) is 14.9. The summed E-state index contributed by atoms with van der Waals surface area (Å²) in [5, 5.41) is 9.79. The third-order valence-electron chi connectivity index (χ3n) is 12.7. The van der Waals surface area contributed by atoms with Gasteiger partial charge >= 0.3 is 5.97 Å². The number of hydrogen-bond donors (Lipinski definition) is 0. The number of carbonyl (C=O) groups excluding carboxylic acids is 3. The third kappa shape index (κ3) is 3.57. The molecule has 0 aromatic heterocycles. The fourth-order valence-electron chi connectivity index (χ4n) is 10.2. The molecule has 8 atom stereocenters. The zero-order valence-electron chi connectivity index (χ0n) is 24.4. The third-order valence-corrected chi connectivity index (χ3v) is 12.7. The molecule has 1 unspecified atom stereocenters. The van der Waals surface area contributed by atoms with Crippen molar-refractivity contribution in [1.82, 2.24) is 0 Å². The van der Waals surface area contributed by atoms with Crippen molar-refractivity contribution < 1.29 is 19.1 Å². The lowest BCUT2D eigenvalue weighted by Gasteiger charge is -2.69. The second-order valence-corrected chi connectivity index (χ2v) is 14.9. The van der Waals surface area contributed by atoms with E-state index in [2.05, 4.69) is 40.7 Å². The second kappa shape index (κ2) is 8.64. The summed E-state index contributed by atoms with van der Waals surface area (Å²) in [5.41, 5.74) is 0.683. The molecule has 0 aromatic carbocycles. The fraction of sp³-hybridized carbons (Fsp3) is 0.758. The van der Waals surface area contributed by atoms with Crippen LogP contribution in [0.4, 0.5) is 0 Å². The van der Waals surface area contributed by atoms with E-state index in [9.17, 15) is 19.6 Å². The van der Waals surface area contributed by atoms with Crippen LogP contribution in [-0.4, -0.2) is 24.6 Å². The van der Waals surface area contributed by atoms with Crippen molar-refractivity contribution in [3.63, 3.8) is 0 Å². The van der Waals surface area contributed by atoms with Gasteiger partial charge in [-0.3, -0.25) is 14.4 Å². The first-order valence-electron chi connectivity index (χ1n) is 14.7. The molecule has 0 heterocycles. The van der Waals surface area contributed by atoms with Crippen LogP contribution in [-0.2, 0) is 19.1 Å². The van der Waals surface area contributed by atoms with Gasteiger partial charge in [-0.15, -0.1) is 0 Å². The van der Waals surface area contributed by atoms with Crippen molar-refractivity contribution in [2.75, 3.05) is 7.11 Å². The number of ketones is 2. The van der Waals surface area contributed by atoms with Gasteiger partial charge in [0, 0.05) is 23.7 Å². The molecule has 0 aliphatic heterocycles. The molecule has 3 saturated carbocycles. The summed E-state index contributed by atoms with van der Waals surface area (Å²) in [7, 11) is 1.46. The van der Waals surface area contributed by atoms with E-state index in [-0.39, 0.29) is 68.4 Å². The maximum atomic E-state index is 14.4. The Morgan fingerprint density at radius 3 is 2.39 bits per heavy atom. The Morgan fingerprint density at radius 1 is 1.05 bits per heavy atom. The molecule has 0 N–H and O–H groups in total. The van der Waals surface area contributed by atoms with Crippen LogP contribution in [0.15, 0.2) is 23.3 Å². The van der Waals surface area contributed by atoms with Crippen LogP contribution in [0.1, 0.15) is 99.3 Å². The first kappa shape index (κ1) is 27.4. The van der Waals surface area contributed by atoms with Gasteiger partial charge < -0.3 is 4.74 Å². The van der Waals surface area contributed by atoms with Crippen LogP contribution >= 0.6 is 0 Å². The molecule has 5 heteroatoms. The monoisotopic (exact) mass is 519 g/mol. The number of allylic oxidation sites excluding steroid dienone is 4. The Balaban J connectivity index is 1.63. The van der Waals surface area contributed by atoms with Crippen molar-refractivity contribution in [3.8, 4) is 6.07 Å². The summed E-state index contributed by atoms with van der Waals surface area (Å²) in [6.45, 7) is 13.5. The van der Waals surface area contributed by atoms with Gasteiger partial charge in [0.1, 0.15) is 6.07 Å². The van der Waals surface area contributed by atoms with Crippen molar-refractivity contribution in [1.29, 1.82) is 5.26 Å². The number of methoxy groups -OCH3 is 1. The summed E-state index contributed by atoms with van der Waals surface area (Å²) < 4.78 is 5.02. The largest absolute Gasteiger partial charge is 0.469 e. The number of ether oxygens (including phenoxy) is 1. The molecule has 0 saturated heterocycles. The van der Waals surface area contributed by atoms with Crippen LogP contribution in [0.2, 0.25) is 0 Å². The molecule has 0 aromatic rings. The van der Waals surface area contributed by atoms with Gasteiger partial charge in [-0.1, -0.05) is 53.2 Å². The Hall–Kier alpha value is -2.22. The minimum atomic E-state index is -0.472. The normalized spacial score (nSPS) is 45.3. The van der Waals surface area contributed by atoms with Crippen LogP contribution < -0.4 is 0 Å². The summed E-state index contributed by atoms with van der Waals surface area (Å²) in [4.78, 5) is 39.6. The van der Waals surface area contributed by atoms with E-state index in [1.807, 2.05) is 19.1 Å². The highest BCUT2D eigenvalue weighted by molar-refractivity contribution is 6.02. The van der Waals surface area contributed by atoms with Crippen molar-refractivity contribution in [2.45, 2.75) is 99.3 Å². The number of esters is 1. The number of fused-ring (bicyclic) bond motifs is 7. The van der Waals surface area contributed by atoms with Gasteiger partial charge in [0.2, 0.25) is 0 Å². The number of nitriles is 1. The van der Waals surface area contributed by atoms with Crippen molar-refractivity contribution in [2.24, 2.45) is 50.7 Å². The van der Waals surface area contributed by atoms with E-state index in [1.165, 1.54) is 7.11 Å². The molecule has 5 aliphatic carbocycles. The zero-order valence-corrected chi connectivity index (χ0v) is 24.4. The maximum Gasteiger partial charge on any atom is 0.305 e. The van der Waals surface area contributed by atoms with E-state index in [0.29, 0.717) is 6.42 Å². The van der Waals surface area contributed by atoms with Crippen molar-refractivity contribution >= 4 is 17.5 Å². The average Bonchev–Trinajstić information content (AvgIpc) is 2.86. The predicted molar refractivity (Wildman–Crippen MR) is 146 cm³/mol. The van der Waals surface area contributed by atoms with Crippen LogP contribution in [0.25, 0.3) is 0 Å². The highest BCUT2D eigenvalue weighted by atomic mass is 16.5. The molecule has 38 heavy (non-hydrogen) atoms. The molecule has 0 radical (unpaired) electrons. The molecule has 0 bridgehead atoms. The Bertz CT molecular complexity index is 1190. The minimum absolute atomic E-state index is 0.00793. The van der Waals surface area contributed by atoms with Gasteiger partial charge in [0.15, 0.2) is 11.6 Å². The van der Waals surface area contributed by atoms with Crippen molar-refractivity contribution in [3.05, 3.63) is 23.3 Å². The lowest BCUT2D eigenvalue weighted by molar-refractivity contribution is -0.172. The zero-order chi connectivity index (χ0) is 27.9. The molecule has 5 nitrogen and oxygen atoms in total. The Morgan fingerprint density at radius 2 is 1.74 bits per heavy atom. The number of nitrogens with zero attached hydrogens (tertiary/aromatic N) is 1. The Labute approximate surface area is 228 Å². The lowest BCUT2D eigenvalue weighted by atomic mass is 9.34. The highest BCUT2D eigenvalue weighted by Crippen LogP contribution is 2.74. The smallest absolute Gasteiger partial charge is 0.305 e. The van der Waals surface area contributed by atoms with Crippen LogP contribution in [0, 0.1) is 62.1 Å². The van der Waals surface area contributed by atoms with Gasteiger partial charge in [-0.05, 0) is 90.9 Å². The standard InChI is InChI=1S/C33H45NO4/c1-20-22-8-10-31(5)25(30(22,4)17-21(19-34)28(20)37)16-24(35)27-23-18-29(2,3)12-14-33(23,11-9-26(36)38-7)15-13-32(27,31)6/h16-17,20,22-23,27H,8-15,18H2,1-7H3/t20-,22-,23+,27?,30-,31+,32+,33+/m0/s1. The highest BCUT2D eigenvalue weighted by Gasteiger charge is 2.68. The molecule has 5 rings (SSSR count). The summed E-state index contributed by atoms with van der Waals surface area (Å²) >= 11 is 0. The number of rotatable bonds is 3. The van der Waals surface area contributed by atoms with E-state index in [4.69, 9.17) is 4.74 Å². The Kier molecular flexibility index (Phi) is 6.22. The number of Topliss-reactive ketones (excluding diaryl/α,β-unsaturated/α-hetero) is 1. The molecular weight excluding hydrogens is 474 g/mol. The quantitative estimate of drug-likeness (QED) is 0.384. The molecule has 5 aliphatic rings. The topological polar surface area (TPSA) is 84.2 Å². The maximum absolute atomic E-state index is 14.4. The average molecular weight is 520 g/mol. The molecular formula is C33H45NO4. The summed E-state index contributed by atoms with van der Waals surface area (Å²) in [5.74, 6) is 0.0560. The van der Waals surface area contributed by atoms with Crippen LogP contribution in [0.5, 0.6) is 0 Å². The molecule has 0 spiro atoms. The fourth-order valence-corrected chi connectivity index (χ4v) is 10.2. The van der Waals surface area contributed by atoms with E-state index < -0.39 is 5.41 Å². The summed E-state index contributed by atoms with van der Waals surface area (Å²) in [6, 6.07) is 2.17. The summed E-state index contributed by atoms with van der Waals surface area (Å²) in [6.07, 6.45) is 12.1. The van der Waals surface area contributed by atoms with E-state index in [0.717, 1.165) is 56.9 Å². The lowest BCUT2D eigenvalue weighted by Crippen LogP contribution is -2.64. The number of carbonyl (C=O) groups is 3. The first-order valence-corrected chi connectivity index (χ1v) is 14.7. The molecule has 0 amide bonds.